The summed E-state index contributed by atoms with van der Waals surface area (Å²) in [7, 11) is 2.59. The number of carbonyl (C=O) groups excluding carboxylic acids is 1. The zero-order valence-electron chi connectivity index (χ0n) is 17.8. The molecule has 0 saturated heterocycles. The van der Waals surface area contributed by atoms with Gasteiger partial charge in [0.25, 0.3) is 5.92 Å². The Morgan fingerprint density at radius 2 is 1.77 bits per heavy atom. The van der Waals surface area contributed by atoms with Crippen molar-refractivity contribution < 1.29 is 28.0 Å². The predicted octanol–water partition coefficient (Wildman–Crippen LogP) is 4.58. The Balaban J connectivity index is 1.84. The molecule has 1 aliphatic rings. The standard InChI is InChI=1S/C23H24F2N2O4/c1-14-8-7-11-18(21(27-30-4)22(28)29-3)19(14)13-31-26-15(2)16-9-5-6-10-17(16)20-12-23(20,24)25/h5-11,20H,12-13H2,1-4H3/b26-15+,27-21+. The first-order valence-corrected chi connectivity index (χ1v) is 9.72. The van der Waals surface area contributed by atoms with Gasteiger partial charge in [0.1, 0.15) is 13.7 Å². The number of hydrogen-bond donors (Lipinski definition) is 0. The number of oxime groups is 2. The minimum absolute atomic E-state index is 0.00862. The van der Waals surface area contributed by atoms with Crippen molar-refractivity contribution in [3.63, 3.8) is 0 Å². The van der Waals surface area contributed by atoms with Crippen molar-refractivity contribution in [1.82, 2.24) is 0 Å². The summed E-state index contributed by atoms with van der Waals surface area (Å²) in [6.07, 6.45) is -0.153. The summed E-state index contributed by atoms with van der Waals surface area (Å²) >= 11 is 0. The van der Waals surface area contributed by atoms with Crippen LogP contribution < -0.4 is 0 Å². The summed E-state index contributed by atoms with van der Waals surface area (Å²) in [6, 6.07) is 12.3. The van der Waals surface area contributed by atoms with Gasteiger partial charge in [0.2, 0.25) is 0 Å². The van der Waals surface area contributed by atoms with Crippen LogP contribution in [0.1, 0.15) is 47.1 Å². The minimum Gasteiger partial charge on any atom is -0.464 e. The molecule has 31 heavy (non-hydrogen) atoms. The lowest BCUT2D eigenvalue weighted by Crippen LogP contribution is -2.20. The third kappa shape index (κ3) is 4.90. The topological polar surface area (TPSA) is 69.5 Å². The van der Waals surface area contributed by atoms with Crippen LogP contribution in [0, 0.1) is 6.92 Å². The van der Waals surface area contributed by atoms with E-state index in [0.717, 1.165) is 5.56 Å². The van der Waals surface area contributed by atoms with Crippen molar-refractivity contribution in [2.24, 2.45) is 10.3 Å². The van der Waals surface area contributed by atoms with Gasteiger partial charge in [0.15, 0.2) is 5.71 Å². The van der Waals surface area contributed by atoms with Gasteiger partial charge in [-0.1, -0.05) is 52.8 Å². The van der Waals surface area contributed by atoms with E-state index in [9.17, 15) is 13.6 Å². The average molecular weight is 430 g/mol. The largest absolute Gasteiger partial charge is 0.464 e. The molecule has 2 aromatic rings. The number of ether oxygens (including phenoxy) is 1. The molecular weight excluding hydrogens is 406 g/mol. The minimum atomic E-state index is -2.67. The van der Waals surface area contributed by atoms with E-state index in [2.05, 4.69) is 10.3 Å². The maximum absolute atomic E-state index is 13.6. The fraction of sp³-hybridized carbons (Fsp3) is 0.348. The van der Waals surface area contributed by atoms with Crippen molar-refractivity contribution in [1.29, 1.82) is 0 Å². The number of halogens is 2. The van der Waals surface area contributed by atoms with E-state index in [1.807, 2.05) is 13.0 Å². The summed E-state index contributed by atoms with van der Waals surface area (Å²) in [5.74, 6) is -4.10. The lowest BCUT2D eigenvalue weighted by Gasteiger charge is -2.13. The van der Waals surface area contributed by atoms with Crippen molar-refractivity contribution in [2.45, 2.75) is 38.7 Å². The van der Waals surface area contributed by atoms with Crippen LogP contribution in [-0.2, 0) is 25.8 Å². The van der Waals surface area contributed by atoms with Gasteiger partial charge in [0, 0.05) is 23.1 Å². The normalized spacial score (nSPS) is 17.8. The van der Waals surface area contributed by atoms with Gasteiger partial charge < -0.3 is 14.4 Å². The monoisotopic (exact) mass is 430 g/mol. The smallest absolute Gasteiger partial charge is 0.360 e. The SMILES string of the molecule is CO/N=C(/C(=O)OC)c1cccc(C)c1CO/N=C(\C)c1ccccc1C1CC1(F)F. The fourth-order valence-corrected chi connectivity index (χ4v) is 3.42. The Kier molecular flexibility index (Phi) is 6.68. The second-order valence-corrected chi connectivity index (χ2v) is 7.27. The molecule has 0 aromatic heterocycles. The molecule has 0 N–H and O–H groups in total. The van der Waals surface area contributed by atoms with Gasteiger partial charge in [-0.15, -0.1) is 0 Å². The van der Waals surface area contributed by atoms with E-state index in [0.29, 0.717) is 28.0 Å². The molecule has 1 atom stereocenters. The first-order chi connectivity index (χ1) is 14.8. The van der Waals surface area contributed by atoms with Crippen LogP contribution in [0.4, 0.5) is 8.78 Å². The van der Waals surface area contributed by atoms with E-state index in [4.69, 9.17) is 14.4 Å². The highest BCUT2D eigenvalue weighted by Gasteiger charge is 2.58. The summed E-state index contributed by atoms with van der Waals surface area (Å²) in [6.45, 7) is 3.62. The third-order valence-corrected chi connectivity index (χ3v) is 5.19. The number of alkyl halides is 2. The van der Waals surface area contributed by atoms with Gasteiger partial charge in [-0.05, 0) is 25.0 Å². The van der Waals surface area contributed by atoms with Crippen LogP contribution in [0.25, 0.3) is 0 Å². The number of carbonyl (C=O) groups is 1. The molecule has 0 bridgehead atoms. The van der Waals surface area contributed by atoms with Crippen molar-refractivity contribution in [3.8, 4) is 0 Å². The van der Waals surface area contributed by atoms with E-state index in [1.165, 1.54) is 14.2 Å². The van der Waals surface area contributed by atoms with Crippen LogP contribution in [-0.4, -0.2) is 37.5 Å². The molecule has 164 valence electrons. The number of esters is 1. The summed E-state index contributed by atoms with van der Waals surface area (Å²) in [5.41, 5.74) is 3.74. The zero-order chi connectivity index (χ0) is 22.6. The Bertz CT molecular complexity index is 1030. The third-order valence-electron chi connectivity index (χ3n) is 5.19. The molecule has 2 aromatic carbocycles. The average Bonchev–Trinajstić information content (AvgIpc) is 3.40. The van der Waals surface area contributed by atoms with E-state index in [-0.39, 0.29) is 18.7 Å². The molecule has 6 nitrogen and oxygen atoms in total. The highest BCUT2D eigenvalue weighted by molar-refractivity contribution is 6.43. The second-order valence-electron chi connectivity index (χ2n) is 7.27. The van der Waals surface area contributed by atoms with E-state index >= 15 is 0 Å². The van der Waals surface area contributed by atoms with Crippen LogP contribution in [0.2, 0.25) is 0 Å². The quantitative estimate of drug-likeness (QED) is 0.349. The maximum atomic E-state index is 13.6. The number of rotatable bonds is 8. The predicted molar refractivity (Wildman–Crippen MR) is 112 cm³/mol. The number of benzene rings is 2. The maximum Gasteiger partial charge on any atom is 0.360 e. The summed E-state index contributed by atoms with van der Waals surface area (Å²) < 4.78 is 32.0. The van der Waals surface area contributed by atoms with E-state index in [1.54, 1.807) is 43.3 Å². The van der Waals surface area contributed by atoms with E-state index < -0.39 is 17.8 Å². The van der Waals surface area contributed by atoms with Crippen LogP contribution in [0.15, 0.2) is 52.8 Å². The molecule has 1 unspecified atom stereocenters. The molecule has 1 fully saturated rings. The fourth-order valence-electron chi connectivity index (χ4n) is 3.42. The first kappa shape index (κ1) is 22.4. The lowest BCUT2D eigenvalue weighted by atomic mass is 9.99. The lowest BCUT2D eigenvalue weighted by molar-refractivity contribution is -0.132. The Labute approximate surface area is 179 Å². The number of hydrogen-bond acceptors (Lipinski definition) is 6. The molecule has 0 spiro atoms. The summed E-state index contributed by atoms with van der Waals surface area (Å²) in [5, 5.41) is 7.93. The molecule has 1 aliphatic carbocycles. The summed E-state index contributed by atoms with van der Waals surface area (Å²) in [4.78, 5) is 22.5. The number of nitrogens with zero attached hydrogens (tertiary/aromatic N) is 2. The zero-order valence-corrected chi connectivity index (χ0v) is 17.8. The van der Waals surface area contributed by atoms with Crippen LogP contribution in [0.5, 0.6) is 0 Å². The van der Waals surface area contributed by atoms with Gasteiger partial charge in [-0.25, -0.2) is 13.6 Å². The molecule has 0 heterocycles. The van der Waals surface area contributed by atoms with Crippen LogP contribution in [0.3, 0.4) is 0 Å². The van der Waals surface area contributed by atoms with Crippen molar-refractivity contribution >= 4 is 17.4 Å². The molecule has 0 aliphatic heterocycles. The molecule has 8 heteroatoms. The van der Waals surface area contributed by atoms with Gasteiger partial charge in [-0.2, -0.15) is 0 Å². The number of aryl methyl sites for hydroxylation is 1. The van der Waals surface area contributed by atoms with Crippen molar-refractivity contribution in [2.75, 3.05) is 14.2 Å². The number of methoxy groups -OCH3 is 1. The molecule has 0 radical (unpaired) electrons. The molecule has 3 rings (SSSR count). The highest BCUT2D eigenvalue weighted by Crippen LogP contribution is 2.56. The van der Waals surface area contributed by atoms with Crippen LogP contribution >= 0.6 is 0 Å². The van der Waals surface area contributed by atoms with Gasteiger partial charge in [0.05, 0.1) is 18.7 Å². The first-order valence-electron chi connectivity index (χ1n) is 9.72. The molecule has 0 amide bonds. The van der Waals surface area contributed by atoms with Gasteiger partial charge >= 0.3 is 5.97 Å². The highest BCUT2D eigenvalue weighted by atomic mass is 19.3. The second kappa shape index (κ2) is 9.24. The van der Waals surface area contributed by atoms with Crippen molar-refractivity contribution in [3.05, 3.63) is 70.3 Å². The molecule has 1 saturated carbocycles. The Morgan fingerprint density at radius 3 is 2.42 bits per heavy atom. The Hall–Kier alpha value is -3.29. The molecular formula is C23H24F2N2O4. The van der Waals surface area contributed by atoms with Gasteiger partial charge in [-0.3, -0.25) is 0 Å². The Morgan fingerprint density at radius 1 is 1.10 bits per heavy atom.